The van der Waals surface area contributed by atoms with Crippen LogP contribution < -0.4 is 5.32 Å². The van der Waals surface area contributed by atoms with Crippen LogP contribution in [0.5, 0.6) is 0 Å². The Morgan fingerprint density at radius 3 is 2.66 bits per heavy atom. The first-order valence-electron chi connectivity index (χ1n) is 9.02. The Hall–Kier alpha value is -3.50. The Morgan fingerprint density at radius 2 is 1.97 bits per heavy atom. The predicted molar refractivity (Wildman–Crippen MR) is 110 cm³/mol. The van der Waals surface area contributed by atoms with Crippen LogP contribution in [0.2, 0.25) is 0 Å². The van der Waals surface area contributed by atoms with Crippen molar-refractivity contribution in [2.45, 2.75) is 19.5 Å². The average Bonchev–Trinajstić information content (AvgIpc) is 3.29. The number of nitrogens with one attached hydrogen (secondary N) is 1. The van der Waals surface area contributed by atoms with Crippen LogP contribution in [-0.2, 0) is 6.54 Å². The van der Waals surface area contributed by atoms with Crippen molar-refractivity contribution in [2.24, 2.45) is 0 Å². The van der Waals surface area contributed by atoms with Gasteiger partial charge < -0.3 is 5.32 Å². The molecule has 0 saturated heterocycles. The van der Waals surface area contributed by atoms with Gasteiger partial charge in [-0.1, -0.05) is 42.5 Å². The maximum absolute atomic E-state index is 13.1. The number of carbonyl (C=O) groups is 1. The molecular formula is C22H17FN4OS. The van der Waals surface area contributed by atoms with E-state index in [-0.39, 0.29) is 11.7 Å². The summed E-state index contributed by atoms with van der Waals surface area (Å²) >= 11 is 1.34. The second-order valence-electron chi connectivity index (χ2n) is 6.65. The van der Waals surface area contributed by atoms with E-state index < -0.39 is 6.04 Å². The fourth-order valence-electron chi connectivity index (χ4n) is 3.14. The van der Waals surface area contributed by atoms with Crippen molar-refractivity contribution in [2.75, 3.05) is 0 Å². The second kappa shape index (κ2) is 7.86. The summed E-state index contributed by atoms with van der Waals surface area (Å²) in [4.78, 5) is 14.2. The molecule has 5 nitrogen and oxygen atoms in total. The number of nitriles is 1. The SMILES string of the molecule is Cc1nn(Cc2ccccc2)c2sc(C(=O)N[C@@H](C#N)c3ccc(F)cc3)cc12. The van der Waals surface area contributed by atoms with Gasteiger partial charge in [-0.2, -0.15) is 10.4 Å². The summed E-state index contributed by atoms with van der Waals surface area (Å²) < 4.78 is 15.0. The molecule has 1 atom stereocenters. The molecule has 2 aromatic carbocycles. The number of benzene rings is 2. The van der Waals surface area contributed by atoms with E-state index in [1.807, 2.05) is 41.9 Å². The van der Waals surface area contributed by atoms with E-state index in [2.05, 4.69) is 16.5 Å². The van der Waals surface area contributed by atoms with Crippen molar-refractivity contribution in [1.29, 1.82) is 5.26 Å². The average molecular weight is 404 g/mol. The first kappa shape index (κ1) is 18.8. The van der Waals surface area contributed by atoms with E-state index in [4.69, 9.17) is 0 Å². The topological polar surface area (TPSA) is 70.7 Å². The maximum atomic E-state index is 13.1. The number of amides is 1. The Kier molecular flexibility index (Phi) is 5.10. The number of aryl methyl sites for hydroxylation is 1. The molecule has 0 fully saturated rings. The first-order chi connectivity index (χ1) is 14.0. The predicted octanol–water partition coefficient (Wildman–Crippen LogP) is 4.59. The molecule has 0 aliphatic carbocycles. The van der Waals surface area contributed by atoms with Crippen LogP contribution >= 0.6 is 11.3 Å². The number of rotatable bonds is 5. The maximum Gasteiger partial charge on any atom is 0.262 e. The van der Waals surface area contributed by atoms with Crippen molar-refractivity contribution in [3.8, 4) is 6.07 Å². The molecule has 1 N–H and O–H groups in total. The van der Waals surface area contributed by atoms with Crippen molar-refractivity contribution >= 4 is 27.5 Å². The molecule has 0 radical (unpaired) electrons. The molecule has 29 heavy (non-hydrogen) atoms. The minimum Gasteiger partial charge on any atom is -0.332 e. The first-order valence-corrected chi connectivity index (χ1v) is 9.83. The van der Waals surface area contributed by atoms with Crippen LogP contribution in [0.15, 0.2) is 60.7 Å². The highest BCUT2D eigenvalue weighted by molar-refractivity contribution is 7.20. The van der Waals surface area contributed by atoms with Crippen LogP contribution in [0.3, 0.4) is 0 Å². The van der Waals surface area contributed by atoms with Gasteiger partial charge in [0.1, 0.15) is 16.7 Å². The van der Waals surface area contributed by atoms with Gasteiger partial charge in [-0.3, -0.25) is 9.48 Å². The Labute approximate surface area is 171 Å². The van der Waals surface area contributed by atoms with Crippen molar-refractivity contribution < 1.29 is 9.18 Å². The monoisotopic (exact) mass is 404 g/mol. The number of hydrogen-bond donors (Lipinski definition) is 1. The molecular weight excluding hydrogens is 387 g/mol. The van der Waals surface area contributed by atoms with Gasteiger partial charge in [0, 0.05) is 5.39 Å². The fourth-order valence-corrected chi connectivity index (χ4v) is 4.20. The number of nitrogens with zero attached hydrogens (tertiary/aromatic N) is 3. The van der Waals surface area contributed by atoms with E-state index in [1.54, 1.807) is 6.07 Å². The summed E-state index contributed by atoms with van der Waals surface area (Å²) in [5, 5.41) is 17.7. The van der Waals surface area contributed by atoms with Gasteiger partial charge in [-0.05, 0) is 36.2 Å². The summed E-state index contributed by atoms with van der Waals surface area (Å²) in [6.07, 6.45) is 0. The summed E-state index contributed by atoms with van der Waals surface area (Å²) in [5.74, 6) is -0.729. The van der Waals surface area contributed by atoms with Gasteiger partial charge >= 0.3 is 0 Å². The highest BCUT2D eigenvalue weighted by atomic mass is 32.1. The molecule has 0 bridgehead atoms. The molecule has 7 heteroatoms. The third kappa shape index (κ3) is 3.89. The van der Waals surface area contributed by atoms with E-state index in [0.717, 1.165) is 21.5 Å². The number of thiophene rings is 1. The largest absolute Gasteiger partial charge is 0.332 e. The number of hydrogen-bond acceptors (Lipinski definition) is 4. The lowest BCUT2D eigenvalue weighted by Gasteiger charge is -2.11. The molecule has 0 saturated carbocycles. The lowest BCUT2D eigenvalue weighted by atomic mass is 10.1. The number of aromatic nitrogens is 2. The normalized spacial score (nSPS) is 11.9. The quantitative estimate of drug-likeness (QED) is 0.529. The zero-order valence-corrected chi connectivity index (χ0v) is 16.4. The molecule has 0 aliphatic rings. The van der Waals surface area contributed by atoms with Crippen molar-refractivity contribution in [3.63, 3.8) is 0 Å². The fraction of sp³-hybridized carbons (Fsp3) is 0.136. The number of halogens is 1. The van der Waals surface area contributed by atoms with Crippen LogP contribution in [0.4, 0.5) is 4.39 Å². The summed E-state index contributed by atoms with van der Waals surface area (Å²) in [5.41, 5.74) is 2.51. The van der Waals surface area contributed by atoms with Crippen molar-refractivity contribution in [1.82, 2.24) is 15.1 Å². The zero-order chi connectivity index (χ0) is 20.4. The van der Waals surface area contributed by atoms with Gasteiger partial charge in [0.05, 0.1) is 23.2 Å². The molecule has 2 heterocycles. The minimum atomic E-state index is -0.852. The van der Waals surface area contributed by atoms with E-state index in [0.29, 0.717) is 17.0 Å². The minimum absolute atomic E-state index is 0.340. The zero-order valence-electron chi connectivity index (χ0n) is 15.6. The number of fused-ring (bicyclic) bond motifs is 1. The van der Waals surface area contributed by atoms with Gasteiger partial charge in [0.2, 0.25) is 0 Å². The van der Waals surface area contributed by atoms with E-state index in [1.165, 1.54) is 35.6 Å². The molecule has 2 aromatic heterocycles. The molecule has 4 rings (SSSR count). The highest BCUT2D eigenvalue weighted by Gasteiger charge is 2.20. The molecule has 0 aliphatic heterocycles. The van der Waals surface area contributed by atoms with E-state index in [9.17, 15) is 14.4 Å². The van der Waals surface area contributed by atoms with E-state index >= 15 is 0 Å². The highest BCUT2D eigenvalue weighted by Crippen LogP contribution is 2.29. The number of carbonyl (C=O) groups excluding carboxylic acids is 1. The van der Waals surface area contributed by atoms with Gasteiger partial charge in [-0.25, -0.2) is 4.39 Å². The Morgan fingerprint density at radius 1 is 1.24 bits per heavy atom. The van der Waals surface area contributed by atoms with Crippen LogP contribution in [-0.4, -0.2) is 15.7 Å². The summed E-state index contributed by atoms with van der Waals surface area (Å²) in [6.45, 7) is 2.53. The van der Waals surface area contributed by atoms with Gasteiger partial charge in [-0.15, -0.1) is 11.3 Å². The lowest BCUT2D eigenvalue weighted by Crippen LogP contribution is -2.26. The lowest BCUT2D eigenvalue weighted by molar-refractivity contribution is 0.0949. The molecule has 0 unspecified atom stereocenters. The van der Waals surface area contributed by atoms with Gasteiger partial charge in [0.25, 0.3) is 5.91 Å². The van der Waals surface area contributed by atoms with Crippen LogP contribution in [0.1, 0.15) is 32.5 Å². The van der Waals surface area contributed by atoms with Gasteiger partial charge in [0.15, 0.2) is 0 Å². The molecule has 1 amide bonds. The second-order valence-corrected chi connectivity index (χ2v) is 7.68. The molecule has 0 spiro atoms. The van der Waals surface area contributed by atoms with Crippen LogP contribution in [0.25, 0.3) is 10.2 Å². The van der Waals surface area contributed by atoms with Crippen molar-refractivity contribution in [3.05, 3.63) is 88.2 Å². The third-order valence-electron chi connectivity index (χ3n) is 4.61. The Balaban J connectivity index is 1.59. The smallest absolute Gasteiger partial charge is 0.262 e. The standard InChI is InChI=1S/C22H17FN4OS/c1-14-18-11-20(21(28)25-19(12-24)16-7-9-17(23)10-8-16)29-22(18)27(26-14)13-15-5-3-2-4-6-15/h2-11,19H,13H2,1H3,(H,25,28)/t19-/m0/s1. The summed E-state index contributed by atoms with van der Waals surface area (Å²) in [7, 11) is 0. The summed E-state index contributed by atoms with van der Waals surface area (Å²) in [6, 6.07) is 18.5. The Bertz CT molecular complexity index is 1210. The molecule has 144 valence electrons. The van der Waals surface area contributed by atoms with Crippen LogP contribution in [0, 0.1) is 24.1 Å². The molecule has 4 aromatic rings. The third-order valence-corrected chi connectivity index (χ3v) is 5.76.